The normalized spacial score (nSPS) is 11.5. The number of rotatable bonds is 15. The number of hydrogen-bond acceptors (Lipinski definition) is 2. The van der Waals surface area contributed by atoms with E-state index in [1.807, 2.05) is 0 Å². The Bertz CT molecular complexity index is 4230. The Labute approximate surface area is 506 Å². The van der Waals surface area contributed by atoms with Crippen LogP contribution in [0, 0.1) is 0 Å². The molecule has 14 rings (SSSR count). The number of hydrogen-bond donors (Lipinski definition) is 0. The Morgan fingerprint density at radius 1 is 0.151 bits per heavy atom. The van der Waals surface area contributed by atoms with Crippen molar-refractivity contribution >= 4 is 57.6 Å². The summed E-state index contributed by atoms with van der Waals surface area (Å²) in [7, 11) is -6.82. The lowest BCUT2D eigenvalue weighted by Gasteiger charge is -2.38. The highest BCUT2D eigenvalue weighted by Crippen LogP contribution is 2.31. The van der Waals surface area contributed by atoms with E-state index >= 15 is 0 Å². The molecule has 0 amide bonds. The number of nitrogens with zero attached hydrogens (tertiary/aromatic N) is 2. The second-order valence-corrected chi connectivity index (χ2v) is 29.6. The van der Waals surface area contributed by atoms with Crippen LogP contribution >= 0.6 is 0 Å². The first kappa shape index (κ1) is 53.4. The molecule has 0 saturated heterocycles. The Morgan fingerprint density at radius 2 is 0.384 bits per heavy atom. The van der Waals surface area contributed by atoms with Crippen molar-refractivity contribution in [3.8, 4) is 78.4 Å². The molecular weight excluding hydrogens is 1070 g/mol. The summed E-state index contributed by atoms with van der Waals surface area (Å²) in [5.74, 6) is 0.666. The van der Waals surface area contributed by atoms with E-state index < -0.39 is 16.1 Å². The van der Waals surface area contributed by atoms with Crippen LogP contribution in [0.5, 0.6) is 0 Å². The minimum absolute atomic E-state index is 0.666. The Balaban J connectivity index is 1.11. The molecule has 0 fully saturated rings. The zero-order chi connectivity index (χ0) is 57.5. The Hall–Kier alpha value is -10.6. The van der Waals surface area contributed by atoms with E-state index in [2.05, 4.69) is 364 Å². The standard InChI is InChI=1S/C82H60N2Si2/c1-9-29-61(30-10-1)65-37-25-39-67(53-65)69-41-27-51-76(55-69)85(72-43-17-5-18-44-72,73-45-19-6-20-46-73)78-57-71(82-83-80(63-33-13-3-14-34-63)60-81(84-82)64-35-15-4-16-36-64)58-79(59-78)86(74-47-21-7-22-48-74,75-49-23-8-24-50-75)77-52-28-42-70(56-77)68-40-26-38-66(54-68)62-31-11-2-12-32-62/h1-60H. The molecule has 0 aliphatic carbocycles. The predicted octanol–water partition coefficient (Wildman–Crippen LogP) is 14.9. The molecule has 1 heterocycles. The molecule has 0 aliphatic heterocycles. The molecule has 13 aromatic carbocycles. The van der Waals surface area contributed by atoms with Gasteiger partial charge in [0, 0.05) is 16.7 Å². The van der Waals surface area contributed by atoms with Gasteiger partial charge in [0.25, 0.3) is 0 Å². The maximum atomic E-state index is 5.68. The van der Waals surface area contributed by atoms with Crippen LogP contribution in [0.1, 0.15) is 0 Å². The van der Waals surface area contributed by atoms with E-state index in [0.717, 1.165) is 39.2 Å². The van der Waals surface area contributed by atoms with Gasteiger partial charge in [0.15, 0.2) is 22.0 Å². The summed E-state index contributed by atoms with van der Waals surface area (Å²) in [6.07, 6.45) is 0. The molecule has 406 valence electrons. The van der Waals surface area contributed by atoms with Crippen molar-refractivity contribution in [3.63, 3.8) is 0 Å². The second kappa shape index (κ2) is 23.9. The molecule has 0 saturated carbocycles. The lowest BCUT2D eigenvalue weighted by atomic mass is 9.99. The van der Waals surface area contributed by atoms with Crippen LogP contribution < -0.4 is 41.5 Å². The smallest absolute Gasteiger partial charge is 0.179 e. The van der Waals surface area contributed by atoms with Gasteiger partial charge in [-0.2, -0.15) is 0 Å². The van der Waals surface area contributed by atoms with Gasteiger partial charge in [-0.3, -0.25) is 0 Å². The molecule has 0 spiro atoms. The van der Waals surface area contributed by atoms with E-state index in [-0.39, 0.29) is 0 Å². The Morgan fingerprint density at radius 3 is 0.709 bits per heavy atom. The van der Waals surface area contributed by atoms with Crippen molar-refractivity contribution < 1.29 is 0 Å². The quantitative estimate of drug-likeness (QED) is 0.0755. The molecule has 2 nitrogen and oxygen atoms in total. The minimum atomic E-state index is -3.41. The lowest BCUT2D eigenvalue weighted by molar-refractivity contribution is 1.18. The summed E-state index contributed by atoms with van der Waals surface area (Å²) in [5.41, 5.74) is 14.2. The van der Waals surface area contributed by atoms with Crippen LogP contribution in [0.4, 0.5) is 0 Å². The topological polar surface area (TPSA) is 25.8 Å². The average Bonchev–Trinajstić information content (AvgIpc) is 1.30. The predicted molar refractivity (Wildman–Crippen MR) is 367 cm³/mol. The molecule has 0 atom stereocenters. The average molecular weight is 1130 g/mol. The highest BCUT2D eigenvalue weighted by Gasteiger charge is 2.46. The van der Waals surface area contributed by atoms with Crippen LogP contribution in [0.25, 0.3) is 78.4 Å². The summed E-state index contributed by atoms with van der Waals surface area (Å²) < 4.78 is 0. The van der Waals surface area contributed by atoms with Gasteiger partial charge >= 0.3 is 0 Å². The van der Waals surface area contributed by atoms with Gasteiger partial charge in [-0.25, -0.2) is 9.97 Å². The van der Waals surface area contributed by atoms with Gasteiger partial charge in [-0.05, 0) is 104 Å². The highest BCUT2D eigenvalue weighted by molar-refractivity contribution is 7.22. The molecule has 1 aromatic heterocycles. The van der Waals surface area contributed by atoms with Crippen molar-refractivity contribution in [2.45, 2.75) is 0 Å². The minimum Gasteiger partial charge on any atom is -0.228 e. The third-order valence-corrected chi connectivity index (χ3v) is 26.4. The SMILES string of the molecule is c1ccc(-c2cccc(-c3cccc([Si](c4ccccc4)(c4ccccc4)c4cc(-c5nc(-c6ccccc6)cc(-c6ccccc6)n5)cc([Si](c5ccccc5)(c5ccccc5)c5cccc(-c6cccc(-c7ccccc7)c6)c5)c4)c3)c2)cc1. The van der Waals surface area contributed by atoms with Gasteiger partial charge in [0.2, 0.25) is 0 Å². The third-order valence-electron chi connectivity index (χ3n) is 16.9. The maximum Gasteiger partial charge on any atom is 0.179 e. The molecule has 0 N–H and O–H groups in total. The molecule has 14 aromatic rings. The van der Waals surface area contributed by atoms with E-state index in [0.29, 0.717) is 5.82 Å². The molecule has 0 unspecified atom stereocenters. The van der Waals surface area contributed by atoms with Crippen molar-refractivity contribution in [2.75, 3.05) is 0 Å². The first-order valence-corrected chi connectivity index (χ1v) is 33.5. The number of aromatic nitrogens is 2. The van der Waals surface area contributed by atoms with Gasteiger partial charge in [-0.1, -0.05) is 346 Å². The third kappa shape index (κ3) is 10.3. The van der Waals surface area contributed by atoms with Gasteiger partial charge < -0.3 is 0 Å². The summed E-state index contributed by atoms with van der Waals surface area (Å²) in [4.78, 5) is 11.4. The first-order chi connectivity index (χ1) is 42.6. The van der Waals surface area contributed by atoms with Gasteiger partial charge in [0.1, 0.15) is 0 Å². The molecular formula is C82H60N2Si2. The molecule has 4 heteroatoms. The zero-order valence-corrected chi connectivity index (χ0v) is 49.5. The van der Waals surface area contributed by atoms with Crippen molar-refractivity contribution in [1.82, 2.24) is 9.97 Å². The highest BCUT2D eigenvalue weighted by atomic mass is 28.3. The monoisotopic (exact) mass is 1130 g/mol. The van der Waals surface area contributed by atoms with Crippen LogP contribution in [-0.2, 0) is 0 Å². The van der Waals surface area contributed by atoms with E-state index in [1.54, 1.807) is 0 Å². The van der Waals surface area contributed by atoms with Crippen molar-refractivity contribution in [3.05, 3.63) is 364 Å². The van der Waals surface area contributed by atoms with Crippen LogP contribution in [0.15, 0.2) is 364 Å². The summed E-state index contributed by atoms with van der Waals surface area (Å²) >= 11 is 0. The molecule has 86 heavy (non-hydrogen) atoms. The van der Waals surface area contributed by atoms with Crippen LogP contribution in [0.3, 0.4) is 0 Å². The lowest BCUT2D eigenvalue weighted by Crippen LogP contribution is -2.78. The van der Waals surface area contributed by atoms with E-state index in [1.165, 1.54) is 74.9 Å². The second-order valence-electron chi connectivity index (χ2n) is 22.0. The summed E-state index contributed by atoms with van der Waals surface area (Å²) in [6, 6.07) is 135. The van der Waals surface area contributed by atoms with Crippen LogP contribution in [-0.4, -0.2) is 26.1 Å². The fourth-order valence-corrected chi connectivity index (χ4v) is 22.8. The van der Waals surface area contributed by atoms with Crippen molar-refractivity contribution in [1.29, 1.82) is 0 Å². The molecule has 0 bridgehead atoms. The Kier molecular flexibility index (Phi) is 14.8. The summed E-state index contributed by atoms with van der Waals surface area (Å²) in [5, 5.41) is 10.1. The van der Waals surface area contributed by atoms with Crippen molar-refractivity contribution in [2.24, 2.45) is 0 Å². The maximum absolute atomic E-state index is 5.68. The van der Waals surface area contributed by atoms with E-state index in [4.69, 9.17) is 9.97 Å². The van der Waals surface area contributed by atoms with E-state index in [9.17, 15) is 0 Å². The number of benzene rings is 13. The molecule has 0 radical (unpaired) electrons. The fourth-order valence-electron chi connectivity index (χ4n) is 12.9. The fraction of sp³-hybridized carbons (Fsp3) is 0. The largest absolute Gasteiger partial charge is 0.228 e. The molecule has 0 aliphatic rings. The first-order valence-electron chi connectivity index (χ1n) is 29.5. The van der Waals surface area contributed by atoms with Gasteiger partial charge in [0.05, 0.1) is 11.4 Å². The van der Waals surface area contributed by atoms with Gasteiger partial charge in [-0.15, -0.1) is 0 Å². The van der Waals surface area contributed by atoms with Crippen LogP contribution in [0.2, 0.25) is 0 Å². The summed E-state index contributed by atoms with van der Waals surface area (Å²) in [6.45, 7) is 0. The zero-order valence-electron chi connectivity index (χ0n) is 47.5.